The molecule has 0 fully saturated rings. The average Bonchev–Trinajstić information content (AvgIpc) is 2.79. The molecule has 5 nitrogen and oxygen atoms in total. The number of aromatic nitrogens is 2. The number of nitrogens with zero attached hydrogens (tertiary/aromatic N) is 3. The van der Waals surface area contributed by atoms with Crippen molar-refractivity contribution in [1.82, 2.24) is 9.66 Å². The molecule has 0 atom stereocenters. The van der Waals surface area contributed by atoms with Crippen LogP contribution in [0.4, 0.5) is 0 Å². The number of fused-ring (bicyclic) bond motifs is 1. The molecule has 1 heterocycles. The second-order valence-electron chi connectivity index (χ2n) is 7.24. The zero-order valence-electron chi connectivity index (χ0n) is 17.7. The van der Waals surface area contributed by atoms with E-state index in [0.717, 1.165) is 28.5 Å². The van der Waals surface area contributed by atoms with Crippen LogP contribution in [-0.2, 0) is 13.0 Å². The lowest BCUT2D eigenvalue weighted by Gasteiger charge is -2.12. The number of ether oxygens (including phenoxy) is 1. The molecule has 0 aliphatic carbocycles. The van der Waals surface area contributed by atoms with Crippen LogP contribution in [0.1, 0.15) is 23.9 Å². The molecule has 0 saturated carbocycles. The van der Waals surface area contributed by atoms with Crippen molar-refractivity contribution in [2.24, 2.45) is 5.10 Å². The molecular formula is C24H16BrCl2I2N3O2. The van der Waals surface area contributed by atoms with Gasteiger partial charge in [0.1, 0.15) is 18.2 Å². The van der Waals surface area contributed by atoms with Gasteiger partial charge < -0.3 is 4.74 Å². The van der Waals surface area contributed by atoms with Crippen LogP contribution in [0, 0.1) is 7.14 Å². The summed E-state index contributed by atoms with van der Waals surface area (Å²) >= 11 is 20.1. The summed E-state index contributed by atoms with van der Waals surface area (Å²) in [5.74, 6) is 1.35. The molecule has 0 radical (unpaired) electrons. The average molecular weight is 783 g/mol. The van der Waals surface area contributed by atoms with E-state index in [0.29, 0.717) is 39.8 Å². The van der Waals surface area contributed by atoms with Gasteiger partial charge in [-0.1, -0.05) is 52.1 Å². The van der Waals surface area contributed by atoms with Crippen molar-refractivity contribution in [3.63, 3.8) is 0 Å². The second-order valence-corrected chi connectivity index (χ2v) is 11.3. The molecular weight excluding hydrogens is 767 g/mol. The van der Waals surface area contributed by atoms with Crippen molar-refractivity contribution in [3.05, 3.63) is 97.5 Å². The van der Waals surface area contributed by atoms with Gasteiger partial charge in [0, 0.05) is 26.5 Å². The van der Waals surface area contributed by atoms with E-state index in [4.69, 9.17) is 27.9 Å². The molecule has 0 spiro atoms. The number of benzene rings is 3. The molecule has 0 aliphatic heterocycles. The largest absolute Gasteiger partial charge is 0.487 e. The van der Waals surface area contributed by atoms with E-state index in [-0.39, 0.29) is 5.56 Å². The van der Waals surface area contributed by atoms with Gasteiger partial charge in [-0.25, -0.2) is 4.98 Å². The lowest BCUT2D eigenvalue weighted by molar-refractivity contribution is 0.302. The van der Waals surface area contributed by atoms with Crippen molar-refractivity contribution < 1.29 is 4.74 Å². The summed E-state index contributed by atoms with van der Waals surface area (Å²) in [7, 11) is 0. The van der Waals surface area contributed by atoms with E-state index >= 15 is 0 Å². The minimum Gasteiger partial charge on any atom is -0.487 e. The van der Waals surface area contributed by atoms with Crippen molar-refractivity contribution in [1.29, 1.82) is 0 Å². The maximum absolute atomic E-state index is 13.1. The van der Waals surface area contributed by atoms with E-state index < -0.39 is 0 Å². The second kappa shape index (κ2) is 11.2. The molecule has 0 N–H and O–H groups in total. The molecule has 0 saturated heterocycles. The normalized spacial score (nSPS) is 11.5. The molecule has 0 unspecified atom stereocenters. The Balaban J connectivity index is 1.62. The highest BCUT2D eigenvalue weighted by Crippen LogP contribution is 2.30. The minimum atomic E-state index is -0.205. The summed E-state index contributed by atoms with van der Waals surface area (Å²) in [5.41, 5.74) is 2.14. The standard InChI is InChI=1S/C24H16BrCl2I2N3O2/c1-2-22-31-21-6-4-15(25)9-17(21)24(33)32(22)30-11-13-7-19(28)23(20(29)8-13)34-12-14-3-5-16(26)10-18(14)27/h3-11H,2,12H2,1H3. The van der Waals surface area contributed by atoms with E-state index in [1.54, 1.807) is 24.4 Å². The van der Waals surface area contributed by atoms with Crippen LogP contribution < -0.4 is 10.3 Å². The van der Waals surface area contributed by atoms with Gasteiger partial charge in [0.25, 0.3) is 5.56 Å². The van der Waals surface area contributed by atoms with Gasteiger partial charge in [0.15, 0.2) is 0 Å². The number of hydrogen-bond acceptors (Lipinski definition) is 4. The van der Waals surface area contributed by atoms with Gasteiger partial charge in [-0.2, -0.15) is 9.78 Å². The Kier molecular flexibility index (Phi) is 8.55. The fourth-order valence-corrected chi connectivity index (χ4v) is 6.20. The Morgan fingerprint density at radius 3 is 2.53 bits per heavy atom. The highest BCUT2D eigenvalue weighted by molar-refractivity contribution is 14.1. The summed E-state index contributed by atoms with van der Waals surface area (Å²) in [6.07, 6.45) is 2.24. The van der Waals surface area contributed by atoms with Gasteiger partial charge in [-0.15, -0.1) is 0 Å². The number of hydrogen-bond donors (Lipinski definition) is 0. The summed E-state index contributed by atoms with van der Waals surface area (Å²) in [6.45, 7) is 2.27. The fourth-order valence-electron chi connectivity index (χ4n) is 3.25. The molecule has 4 rings (SSSR count). The van der Waals surface area contributed by atoms with Gasteiger partial charge >= 0.3 is 0 Å². The minimum absolute atomic E-state index is 0.205. The van der Waals surface area contributed by atoms with Gasteiger partial charge in [-0.3, -0.25) is 4.79 Å². The molecule has 0 amide bonds. The van der Waals surface area contributed by atoms with Crippen LogP contribution in [0.25, 0.3) is 10.9 Å². The van der Waals surface area contributed by atoms with Crippen LogP contribution in [0.3, 0.4) is 0 Å². The van der Waals surface area contributed by atoms with Crippen LogP contribution in [0.15, 0.2) is 62.9 Å². The molecule has 10 heteroatoms. The van der Waals surface area contributed by atoms with Crippen LogP contribution in [0.5, 0.6) is 5.75 Å². The predicted octanol–water partition coefficient (Wildman–Crippen LogP) is 7.70. The topological polar surface area (TPSA) is 56.5 Å². The highest BCUT2D eigenvalue weighted by atomic mass is 127. The quantitative estimate of drug-likeness (QED) is 0.149. The maximum Gasteiger partial charge on any atom is 0.282 e. The maximum atomic E-state index is 13.1. The first-order chi connectivity index (χ1) is 16.3. The Morgan fingerprint density at radius 1 is 1.12 bits per heavy atom. The number of halogens is 5. The first-order valence-corrected chi connectivity index (χ1v) is 13.8. The summed E-state index contributed by atoms with van der Waals surface area (Å²) < 4.78 is 10.1. The van der Waals surface area contributed by atoms with E-state index in [2.05, 4.69) is 71.2 Å². The third kappa shape index (κ3) is 5.77. The number of aryl methyl sites for hydroxylation is 1. The smallest absolute Gasteiger partial charge is 0.282 e. The molecule has 0 aliphatic rings. The molecule has 1 aromatic heterocycles. The van der Waals surface area contributed by atoms with Crippen LogP contribution >= 0.6 is 84.3 Å². The number of rotatable bonds is 6. The van der Waals surface area contributed by atoms with Gasteiger partial charge in [0.2, 0.25) is 0 Å². The van der Waals surface area contributed by atoms with Crippen molar-refractivity contribution in [2.45, 2.75) is 20.0 Å². The molecule has 34 heavy (non-hydrogen) atoms. The van der Waals surface area contributed by atoms with Crippen molar-refractivity contribution >= 4 is 101 Å². The SMILES string of the molecule is CCc1nc2ccc(Br)cc2c(=O)n1N=Cc1cc(I)c(OCc2ccc(Cl)cc2Cl)c(I)c1. The highest BCUT2D eigenvalue weighted by Gasteiger charge is 2.12. The first kappa shape index (κ1) is 25.9. The van der Waals surface area contributed by atoms with Crippen LogP contribution in [-0.4, -0.2) is 15.9 Å². The Labute approximate surface area is 241 Å². The third-order valence-electron chi connectivity index (χ3n) is 4.92. The van der Waals surface area contributed by atoms with Crippen LogP contribution in [0.2, 0.25) is 10.0 Å². The lowest BCUT2D eigenvalue weighted by Crippen LogP contribution is -2.22. The summed E-state index contributed by atoms with van der Waals surface area (Å²) in [5, 5.41) is 6.14. The lowest BCUT2D eigenvalue weighted by atomic mass is 10.2. The Bertz CT molecular complexity index is 1470. The van der Waals surface area contributed by atoms with Gasteiger partial charge in [-0.05, 0) is 93.2 Å². The molecule has 174 valence electrons. The van der Waals surface area contributed by atoms with E-state index in [9.17, 15) is 4.79 Å². The Morgan fingerprint density at radius 2 is 1.85 bits per heavy atom. The first-order valence-electron chi connectivity index (χ1n) is 10.1. The van der Waals surface area contributed by atoms with E-state index in [1.807, 2.05) is 37.3 Å². The monoisotopic (exact) mass is 781 g/mol. The molecule has 4 aromatic rings. The zero-order chi connectivity index (χ0) is 24.4. The summed E-state index contributed by atoms with van der Waals surface area (Å²) in [6, 6.07) is 14.7. The zero-order valence-corrected chi connectivity index (χ0v) is 25.1. The molecule has 3 aromatic carbocycles. The van der Waals surface area contributed by atoms with Crippen molar-refractivity contribution in [2.75, 3.05) is 0 Å². The van der Waals surface area contributed by atoms with E-state index in [1.165, 1.54) is 4.68 Å². The molecule has 0 bridgehead atoms. The van der Waals surface area contributed by atoms with Gasteiger partial charge in [0.05, 0.1) is 24.3 Å². The fraction of sp³-hybridized carbons (Fsp3) is 0.125. The van der Waals surface area contributed by atoms with Crippen molar-refractivity contribution in [3.8, 4) is 5.75 Å². The Hall–Kier alpha value is -1.21. The third-order valence-corrected chi connectivity index (χ3v) is 7.60. The predicted molar refractivity (Wildman–Crippen MR) is 159 cm³/mol. The summed E-state index contributed by atoms with van der Waals surface area (Å²) in [4.78, 5) is 17.7.